The van der Waals surface area contributed by atoms with Crippen LogP contribution >= 0.6 is 0 Å². The van der Waals surface area contributed by atoms with Crippen LogP contribution in [-0.2, 0) is 14.2 Å². The molecule has 3 heterocycles. The van der Waals surface area contributed by atoms with E-state index in [1.54, 1.807) is 12.1 Å². The molecule has 0 spiro atoms. The molecule has 2 saturated heterocycles. The summed E-state index contributed by atoms with van der Waals surface area (Å²) in [5.74, 6) is 1.33. The zero-order valence-electron chi connectivity index (χ0n) is 18.5. The van der Waals surface area contributed by atoms with Gasteiger partial charge in [0.2, 0.25) is 0 Å². The maximum Gasteiger partial charge on any atom is 0.407 e. The minimum Gasteiger partial charge on any atom is -0.490 e. The summed E-state index contributed by atoms with van der Waals surface area (Å²) in [6.07, 6.45) is 8.50. The van der Waals surface area contributed by atoms with E-state index >= 15 is 0 Å². The lowest BCUT2D eigenvalue weighted by molar-refractivity contribution is -0.00176. The van der Waals surface area contributed by atoms with Crippen LogP contribution in [0.4, 0.5) is 9.18 Å². The highest BCUT2D eigenvalue weighted by Crippen LogP contribution is 2.39. The monoisotopic (exact) mass is 456 g/mol. The average Bonchev–Trinajstić information content (AvgIpc) is 3.10. The van der Waals surface area contributed by atoms with E-state index in [4.69, 9.17) is 14.2 Å². The van der Waals surface area contributed by atoms with Crippen LogP contribution in [0, 0.1) is 11.7 Å². The molecule has 8 heteroatoms. The number of hydrogen-bond donors (Lipinski definition) is 1. The quantitative estimate of drug-likeness (QED) is 0.727. The first-order valence-electron chi connectivity index (χ1n) is 11.7. The van der Waals surface area contributed by atoms with Gasteiger partial charge in [0, 0.05) is 24.1 Å². The highest BCUT2D eigenvalue weighted by atomic mass is 19.1. The number of carbonyl (C=O) groups is 2. The third-order valence-corrected chi connectivity index (χ3v) is 6.88. The van der Waals surface area contributed by atoms with Gasteiger partial charge >= 0.3 is 6.09 Å². The first-order chi connectivity index (χ1) is 16.1. The Morgan fingerprint density at radius 1 is 1.21 bits per heavy atom. The summed E-state index contributed by atoms with van der Waals surface area (Å²) in [6.45, 7) is 1.05. The normalized spacial score (nSPS) is 28.0. The van der Waals surface area contributed by atoms with Crippen molar-refractivity contribution in [3.05, 3.63) is 59.3 Å². The van der Waals surface area contributed by atoms with Gasteiger partial charge in [0.25, 0.3) is 5.91 Å². The molecule has 2 fully saturated rings. The van der Waals surface area contributed by atoms with Gasteiger partial charge in [-0.05, 0) is 62.3 Å². The van der Waals surface area contributed by atoms with Gasteiger partial charge in [0.15, 0.2) is 11.9 Å². The number of fused-ring (bicyclic) bond motifs is 2. The average molecular weight is 457 g/mol. The van der Waals surface area contributed by atoms with E-state index in [2.05, 4.69) is 11.4 Å². The van der Waals surface area contributed by atoms with Crippen LogP contribution in [0.1, 0.15) is 48.9 Å². The Labute approximate surface area is 192 Å². The predicted octanol–water partition coefficient (Wildman–Crippen LogP) is 3.91. The van der Waals surface area contributed by atoms with Crippen molar-refractivity contribution in [3.8, 4) is 0 Å². The Kier molecular flexibility index (Phi) is 6.24. The number of piperidine rings is 1. The first-order valence-corrected chi connectivity index (χ1v) is 11.7. The van der Waals surface area contributed by atoms with E-state index in [0.717, 1.165) is 50.0 Å². The van der Waals surface area contributed by atoms with Crippen molar-refractivity contribution < 1.29 is 28.2 Å². The Bertz CT molecular complexity index is 963. The van der Waals surface area contributed by atoms with E-state index in [9.17, 15) is 14.0 Å². The Morgan fingerprint density at radius 2 is 2.03 bits per heavy atom. The van der Waals surface area contributed by atoms with Gasteiger partial charge in [0.05, 0.1) is 13.2 Å². The molecule has 4 aliphatic rings. The third kappa shape index (κ3) is 4.84. The molecule has 7 nitrogen and oxygen atoms in total. The zero-order valence-corrected chi connectivity index (χ0v) is 18.5. The van der Waals surface area contributed by atoms with Crippen LogP contribution in [0.2, 0.25) is 0 Å². The van der Waals surface area contributed by atoms with Crippen LogP contribution in [-0.4, -0.2) is 54.8 Å². The molecule has 3 atom stereocenters. The van der Waals surface area contributed by atoms with Crippen LogP contribution in [0.3, 0.4) is 0 Å². The van der Waals surface area contributed by atoms with Crippen molar-refractivity contribution in [2.24, 2.45) is 5.92 Å². The van der Waals surface area contributed by atoms with Gasteiger partial charge in [-0.1, -0.05) is 12.1 Å². The number of carbonyl (C=O) groups excluding carboxylic acids is 2. The van der Waals surface area contributed by atoms with Gasteiger partial charge in [-0.2, -0.15) is 0 Å². The fourth-order valence-electron chi connectivity index (χ4n) is 5.35. The summed E-state index contributed by atoms with van der Waals surface area (Å²) in [5.41, 5.74) is 0.390. The second-order valence-electron chi connectivity index (χ2n) is 9.20. The Morgan fingerprint density at radius 3 is 2.82 bits per heavy atom. The fraction of sp³-hybridized carbons (Fsp3) is 0.520. The molecule has 33 heavy (non-hydrogen) atoms. The maximum absolute atomic E-state index is 13.6. The molecule has 0 saturated carbocycles. The second kappa shape index (κ2) is 9.45. The molecule has 1 aliphatic carbocycles. The number of alkyl carbamates (subject to hydrolysis) is 1. The number of nitrogens with zero attached hydrogens (tertiary/aromatic N) is 1. The summed E-state index contributed by atoms with van der Waals surface area (Å²) in [7, 11) is 0. The van der Waals surface area contributed by atoms with E-state index in [0.29, 0.717) is 25.3 Å². The molecular formula is C25H29FN2O5. The number of benzene rings is 1. The van der Waals surface area contributed by atoms with Crippen LogP contribution in [0.25, 0.3) is 0 Å². The highest BCUT2D eigenvalue weighted by molar-refractivity contribution is 5.95. The largest absolute Gasteiger partial charge is 0.490 e. The molecule has 176 valence electrons. The van der Waals surface area contributed by atoms with Gasteiger partial charge in [-0.3, -0.25) is 4.79 Å². The Hall–Kier alpha value is -3.03. The molecule has 0 radical (unpaired) electrons. The standard InChI is InChI=1S/C25H29FN2O5/c26-18-5-3-4-17(12-18)24(29)28-19-8-9-20(28)11-16(10-19)14-32-25(30)27-13-21-15-31-22-6-1-2-7-23(22)33-21/h2-5,7,12,16,19-21H,1,6,8-11,13-15H2,(H,27,30). The molecule has 3 unspecified atom stereocenters. The predicted molar refractivity (Wildman–Crippen MR) is 118 cm³/mol. The molecule has 1 aromatic rings. The third-order valence-electron chi connectivity index (χ3n) is 6.88. The molecular weight excluding hydrogens is 427 g/mol. The summed E-state index contributed by atoms with van der Waals surface area (Å²) in [6, 6.07) is 6.08. The summed E-state index contributed by atoms with van der Waals surface area (Å²) < 4.78 is 30.7. The van der Waals surface area contributed by atoms with Crippen molar-refractivity contribution in [2.45, 2.75) is 56.7 Å². The number of ether oxygens (including phenoxy) is 3. The van der Waals surface area contributed by atoms with Gasteiger partial charge < -0.3 is 24.4 Å². The topological polar surface area (TPSA) is 77.1 Å². The van der Waals surface area contributed by atoms with E-state index < -0.39 is 11.9 Å². The fourth-order valence-corrected chi connectivity index (χ4v) is 5.35. The van der Waals surface area contributed by atoms with E-state index in [1.165, 1.54) is 12.1 Å². The number of halogens is 1. The Balaban J connectivity index is 1.07. The smallest absolute Gasteiger partial charge is 0.407 e. The number of amides is 2. The minimum absolute atomic E-state index is 0.106. The van der Waals surface area contributed by atoms with Crippen molar-refractivity contribution in [3.63, 3.8) is 0 Å². The number of nitrogens with one attached hydrogen (secondary N) is 1. The summed E-state index contributed by atoms with van der Waals surface area (Å²) >= 11 is 0. The molecule has 2 amide bonds. The molecule has 5 rings (SSSR count). The molecule has 3 aliphatic heterocycles. The number of hydrogen-bond acceptors (Lipinski definition) is 5. The zero-order chi connectivity index (χ0) is 22.8. The highest BCUT2D eigenvalue weighted by Gasteiger charge is 2.43. The van der Waals surface area contributed by atoms with Crippen molar-refractivity contribution in [2.75, 3.05) is 19.8 Å². The first kappa shape index (κ1) is 21.8. The summed E-state index contributed by atoms with van der Waals surface area (Å²) in [5, 5.41) is 2.77. The van der Waals surface area contributed by atoms with Crippen molar-refractivity contribution in [1.29, 1.82) is 0 Å². The van der Waals surface area contributed by atoms with Gasteiger partial charge in [0.1, 0.15) is 18.2 Å². The van der Waals surface area contributed by atoms with Crippen LogP contribution in [0.15, 0.2) is 47.9 Å². The number of rotatable bonds is 5. The van der Waals surface area contributed by atoms with Gasteiger partial charge in [-0.15, -0.1) is 0 Å². The molecule has 1 aromatic carbocycles. The molecule has 2 bridgehead atoms. The lowest BCUT2D eigenvalue weighted by atomic mass is 9.91. The molecule has 0 aromatic heterocycles. The lowest BCUT2D eigenvalue weighted by Crippen LogP contribution is -2.47. The lowest BCUT2D eigenvalue weighted by Gasteiger charge is -2.38. The van der Waals surface area contributed by atoms with Crippen LogP contribution < -0.4 is 5.32 Å². The van der Waals surface area contributed by atoms with E-state index in [-0.39, 0.29) is 30.0 Å². The second-order valence-corrected chi connectivity index (χ2v) is 9.20. The SMILES string of the molecule is O=C(NCC1COC2=C(C=CCC2)O1)OCC1CC2CCC(C1)N2C(=O)c1cccc(F)c1. The van der Waals surface area contributed by atoms with Crippen molar-refractivity contribution >= 4 is 12.0 Å². The number of allylic oxidation sites excluding steroid dienone is 3. The maximum atomic E-state index is 13.6. The van der Waals surface area contributed by atoms with Crippen molar-refractivity contribution in [1.82, 2.24) is 10.2 Å². The molecule has 1 N–H and O–H groups in total. The summed E-state index contributed by atoms with van der Waals surface area (Å²) in [4.78, 5) is 27.1. The van der Waals surface area contributed by atoms with E-state index in [1.807, 2.05) is 11.0 Å². The van der Waals surface area contributed by atoms with Crippen LogP contribution in [0.5, 0.6) is 0 Å². The minimum atomic E-state index is -0.469. The van der Waals surface area contributed by atoms with Gasteiger partial charge in [-0.25, -0.2) is 9.18 Å².